The van der Waals surface area contributed by atoms with Gasteiger partial charge in [-0.3, -0.25) is 0 Å². The summed E-state index contributed by atoms with van der Waals surface area (Å²) in [4.78, 5) is 1.98. The summed E-state index contributed by atoms with van der Waals surface area (Å²) in [6.45, 7) is 1.96. The van der Waals surface area contributed by atoms with Gasteiger partial charge in [0.25, 0.3) is 0 Å². The van der Waals surface area contributed by atoms with E-state index >= 15 is 0 Å². The first-order valence-corrected chi connectivity index (χ1v) is 7.73. The zero-order valence-electron chi connectivity index (χ0n) is 11.1. The van der Waals surface area contributed by atoms with E-state index in [4.69, 9.17) is 4.74 Å². The molecule has 0 aromatic carbocycles. The Morgan fingerprint density at radius 1 is 1.18 bits per heavy atom. The molecule has 1 atom stereocenters. The number of likely N-dealkylation sites (N-methyl/N-ethyl adjacent to an activating group) is 2. The Morgan fingerprint density at radius 3 is 2.41 bits per heavy atom. The van der Waals surface area contributed by atoms with Gasteiger partial charge in [0.15, 0.2) is 0 Å². The van der Waals surface area contributed by atoms with Gasteiger partial charge in [0.05, 0.1) is 11.9 Å². The van der Waals surface area contributed by atoms with Crippen molar-refractivity contribution < 1.29 is 13.2 Å². The van der Waals surface area contributed by atoms with Crippen molar-refractivity contribution in [1.29, 1.82) is 0 Å². The normalized spacial score (nSPS) is 22.3. The Hall–Kier alpha value is -0.170. The summed E-state index contributed by atoms with van der Waals surface area (Å²) in [6.07, 6.45) is 2.87. The van der Waals surface area contributed by atoms with Gasteiger partial charge in [-0.25, -0.2) is 12.7 Å². The van der Waals surface area contributed by atoms with E-state index in [1.165, 1.54) is 4.31 Å². The number of hydrogen-bond acceptors (Lipinski definition) is 4. The molecule has 5 nitrogen and oxygen atoms in total. The summed E-state index contributed by atoms with van der Waals surface area (Å²) in [6, 6.07) is 0. The molecule has 0 unspecified atom stereocenters. The fourth-order valence-corrected chi connectivity index (χ4v) is 3.13. The van der Waals surface area contributed by atoms with Crippen LogP contribution in [0.15, 0.2) is 0 Å². The van der Waals surface area contributed by atoms with Crippen LogP contribution in [0.25, 0.3) is 0 Å². The Labute approximate surface area is 105 Å². The molecule has 1 fully saturated rings. The standard InChI is InChI=1S/C11H24N2O3S/c1-12(2)7-8-13(3)17(14,15)10-11-6-4-5-9-16-11/h11H,4-10H2,1-3H3/t11-/m0/s1. The summed E-state index contributed by atoms with van der Waals surface area (Å²) >= 11 is 0. The largest absolute Gasteiger partial charge is 0.377 e. The molecule has 0 aliphatic carbocycles. The molecule has 0 amide bonds. The predicted molar refractivity (Wildman–Crippen MR) is 68.6 cm³/mol. The number of ether oxygens (including phenoxy) is 1. The number of hydrogen-bond donors (Lipinski definition) is 0. The Balaban J connectivity index is 2.43. The van der Waals surface area contributed by atoms with E-state index in [1.54, 1.807) is 7.05 Å². The van der Waals surface area contributed by atoms with Gasteiger partial charge in [-0.1, -0.05) is 0 Å². The van der Waals surface area contributed by atoms with E-state index in [2.05, 4.69) is 0 Å². The minimum atomic E-state index is -3.17. The molecule has 0 aromatic rings. The highest BCUT2D eigenvalue weighted by Gasteiger charge is 2.25. The van der Waals surface area contributed by atoms with E-state index in [9.17, 15) is 8.42 Å². The van der Waals surface area contributed by atoms with Crippen LogP contribution in [-0.4, -0.2) is 70.3 Å². The highest BCUT2D eigenvalue weighted by Crippen LogP contribution is 2.15. The Kier molecular flexibility index (Phi) is 5.85. The SMILES string of the molecule is CN(C)CCN(C)S(=O)(=O)C[C@@H]1CCCCO1. The summed E-state index contributed by atoms with van der Waals surface area (Å²) in [5.41, 5.74) is 0. The van der Waals surface area contributed by atoms with E-state index < -0.39 is 10.0 Å². The van der Waals surface area contributed by atoms with Crippen molar-refractivity contribution in [3.63, 3.8) is 0 Å². The molecule has 1 saturated heterocycles. The summed E-state index contributed by atoms with van der Waals surface area (Å²) < 4.78 is 31.0. The van der Waals surface area contributed by atoms with E-state index in [-0.39, 0.29) is 11.9 Å². The number of sulfonamides is 1. The molecule has 17 heavy (non-hydrogen) atoms. The summed E-state index contributed by atoms with van der Waals surface area (Å²) in [5, 5.41) is 0. The van der Waals surface area contributed by atoms with Crippen molar-refractivity contribution in [2.24, 2.45) is 0 Å². The van der Waals surface area contributed by atoms with Crippen LogP contribution < -0.4 is 0 Å². The maximum absolute atomic E-state index is 12.0. The smallest absolute Gasteiger partial charge is 0.216 e. The average molecular weight is 264 g/mol. The molecule has 6 heteroatoms. The van der Waals surface area contributed by atoms with Crippen LogP contribution in [0.2, 0.25) is 0 Å². The highest BCUT2D eigenvalue weighted by atomic mass is 32.2. The van der Waals surface area contributed by atoms with Crippen molar-refractivity contribution in [2.75, 3.05) is 46.6 Å². The summed E-state index contributed by atoms with van der Waals surface area (Å²) in [7, 11) is 2.34. The minimum absolute atomic E-state index is 0.115. The Morgan fingerprint density at radius 2 is 1.88 bits per heavy atom. The van der Waals surface area contributed by atoms with Crippen molar-refractivity contribution in [1.82, 2.24) is 9.21 Å². The van der Waals surface area contributed by atoms with Crippen LogP contribution in [-0.2, 0) is 14.8 Å². The van der Waals surface area contributed by atoms with Crippen LogP contribution in [0.1, 0.15) is 19.3 Å². The van der Waals surface area contributed by atoms with Crippen LogP contribution >= 0.6 is 0 Å². The maximum atomic E-state index is 12.0. The summed E-state index contributed by atoms with van der Waals surface area (Å²) in [5.74, 6) is 0.122. The van der Waals surface area contributed by atoms with E-state index in [0.29, 0.717) is 13.2 Å². The lowest BCUT2D eigenvalue weighted by Crippen LogP contribution is -2.39. The molecular weight excluding hydrogens is 240 g/mol. The molecule has 0 radical (unpaired) electrons. The molecule has 0 spiro atoms. The first-order valence-electron chi connectivity index (χ1n) is 6.12. The average Bonchev–Trinajstić information content (AvgIpc) is 2.26. The number of nitrogens with zero attached hydrogens (tertiary/aromatic N) is 2. The maximum Gasteiger partial charge on any atom is 0.216 e. The molecular formula is C11H24N2O3S. The fourth-order valence-electron chi connectivity index (χ4n) is 1.78. The Bertz CT molecular complexity index is 311. The van der Waals surface area contributed by atoms with Gasteiger partial charge in [-0.2, -0.15) is 0 Å². The van der Waals surface area contributed by atoms with Crippen molar-refractivity contribution in [2.45, 2.75) is 25.4 Å². The van der Waals surface area contributed by atoms with Crippen molar-refractivity contribution in [3.05, 3.63) is 0 Å². The first-order chi connectivity index (χ1) is 7.92. The van der Waals surface area contributed by atoms with Crippen molar-refractivity contribution in [3.8, 4) is 0 Å². The molecule has 1 rings (SSSR count). The van der Waals surface area contributed by atoms with Gasteiger partial charge in [0, 0.05) is 26.7 Å². The zero-order valence-corrected chi connectivity index (χ0v) is 11.9. The number of rotatable bonds is 6. The molecule has 0 N–H and O–H groups in total. The molecule has 102 valence electrons. The lowest BCUT2D eigenvalue weighted by molar-refractivity contribution is 0.0299. The van der Waals surface area contributed by atoms with Gasteiger partial charge >= 0.3 is 0 Å². The van der Waals surface area contributed by atoms with Crippen LogP contribution in [0.5, 0.6) is 0 Å². The van der Waals surface area contributed by atoms with E-state index in [0.717, 1.165) is 25.8 Å². The third-order valence-electron chi connectivity index (χ3n) is 3.01. The van der Waals surface area contributed by atoms with Crippen LogP contribution in [0, 0.1) is 0 Å². The third-order valence-corrected chi connectivity index (χ3v) is 4.93. The zero-order chi connectivity index (χ0) is 12.9. The topological polar surface area (TPSA) is 49.9 Å². The second-order valence-corrected chi connectivity index (χ2v) is 7.01. The molecule has 1 aliphatic rings. The van der Waals surface area contributed by atoms with E-state index in [1.807, 2.05) is 19.0 Å². The monoisotopic (exact) mass is 264 g/mol. The van der Waals surface area contributed by atoms with Gasteiger partial charge in [-0.15, -0.1) is 0 Å². The highest BCUT2D eigenvalue weighted by molar-refractivity contribution is 7.89. The van der Waals surface area contributed by atoms with Crippen LogP contribution in [0.4, 0.5) is 0 Å². The second kappa shape index (κ2) is 6.68. The van der Waals surface area contributed by atoms with Crippen LogP contribution in [0.3, 0.4) is 0 Å². The predicted octanol–water partition coefficient (Wildman–Crippen LogP) is 0.379. The third kappa shape index (κ3) is 5.33. The van der Waals surface area contributed by atoms with Gasteiger partial charge in [0.2, 0.25) is 10.0 Å². The molecule has 0 saturated carbocycles. The molecule has 1 aliphatic heterocycles. The van der Waals surface area contributed by atoms with Gasteiger partial charge < -0.3 is 9.64 Å². The fraction of sp³-hybridized carbons (Fsp3) is 1.00. The molecule has 1 heterocycles. The van der Waals surface area contributed by atoms with Gasteiger partial charge in [0.1, 0.15) is 0 Å². The lowest BCUT2D eigenvalue weighted by Gasteiger charge is -2.25. The van der Waals surface area contributed by atoms with Crippen molar-refractivity contribution >= 4 is 10.0 Å². The molecule has 0 aromatic heterocycles. The minimum Gasteiger partial charge on any atom is -0.377 e. The second-order valence-electron chi connectivity index (χ2n) is 4.89. The van der Waals surface area contributed by atoms with Gasteiger partial charge in [-0.05, 0) is 33.4 Å². The first kappa shape index (κ1) is 14.9. The molecule has 0 bridgehead atoms. The lowest BCUT2D eigenvalue weighted by atomic mass is 10.1. The quantitative estimate of drug-likeness (QED) is 0.696.